The molecule has 0 saturated heterocycles. The maximum Gasteiger partial charge on any atom is 0.149 e. The summed E-state index contributed by atoms with van der Waals surface area (Å²) in [6.07, 6.45) is 1.01. The summed E-state index contributed by atoms with van der Waals surface area (Å²) in [5.41, 5.74) is 1.38. The van der Waals surface area contributed by atoms with E-state index in [1.54, 1.807) is 0 Å². The summed E-state index contributed by atoms with van der Waals surface area (Å²) in [7, 11) is -2.71. The number of nitrogens with zero attached hydrogens (tertiary/aromatic N) is 1. The molecule has 5 aromatic carbocycles. The van der Waals surface area contributed by atoms with Crippen molar-refractivity contribution in [3.63, 3.8) is 0 Å². The van der Waals surface area contributed by atoms with E-state index in [1.165, 1.54) is 26.8 Å². The Bertz CT molecular complexity index is 1250. The van der Waals surface area contributed by atoms with Gasteiger partial charge in [0.2, 0.25) is 0 Å². The van der Waals surface area contributed by atoms with Gasteiger partial charge in [0, 0.05) is 6.54 Å². The molecule has 36 heavy (non-hydrogen) atoms. The fourth-order valence-corrected chi connectivity index (χ4v) is 12.3. The predicted molar refractivity (Wildman–Crippen MR) is 161 cm³/mol. The average Bonchev–Trinajstić information content (AvgIpc) is 2.97. The van der Waals surface area contributed by atoms with Gasteiger partial charge in [0.1, 0.15) is 18.0 Å². The van der Waals surface area contributed by atoms with Gasteiger partial charge in [-0.1, -0.05) is 127 Å². The molecule has 0 heterocycles. The maximum atomic E-state index is 2.88. The summed E-state index contributed by atoms with van der Waals surface area (Å²) in [5, 5.41) is 5.63. The van der Waals surface area contributed by atoms with Crippen LogP contribution in [0.4, 0.5) is 0 Å². The molecule has 0 unspecified atom stereocenters. The quantitative estimate of drug-likeness (QED) is 0.200. The summed E-state index contributed by atoms with van der Waals surface area (Å²) >= 11 is 0. The average molecular weight is 505 g/mol. The molecule has 1 nitrogen and oxygen atoms in total. The molecule has 0 atom stereocenters. The molecule has 3 heteroatoms. The van der Waals surface area contributed by atoms with E-state index in [-0.39, 0.29) is 0 Å². The van der Waals surface area contributed by atoms with Gasteiger partial charge in [-0.15, -0.1) is 4.44 Å². The van der Waals surface area contributed by atoms with Gasteiger partial charge in [-0.2, -0.15) is 0 Å². The summed E-state index contributed by atoms with van der Waals surface area (Å²) in [6, 6.07) is 55.5. The zero-order valence-electron chi connectivity index (χ0n) is 20.7. The zero-order chi connectivity index (χ0) is 24.6. The minimum absolute atomic E-state index is 0.763. The van der Waals surface area contributed by atoms with Crippen molar-refractivity contribution in [2.45, 2.75) is 6.42 Å². The van der Waals surface area contributed by atoms with Gasteiger partial charge in [-0.25, -0.2) is 0 Å². The second kappa shape index (κ2) is 11.8. The maximum absolute atomic E-state index is 2.88. The lowest BCUT2D eigenvalue weighted by molar-refractivity contribution is 0.697. The molecule has 0 aliphatic heterocycles. The van der Waals surface area contributed by atoms with Crippen LogP contribution in [0.15, 0.2) is 152 Å². The van der Waals surface area contributed by atoms with Crippen molar-refractivity contribution in [3.05, 3.63) is 157 Å². The molecule has 0 fully saturated rings. The van der Waals surface area contributed by atoms with Gasteiger partial charge in [-0.3, -0.25) is 0 Å². The van der Waals surface area contributed by atoms with Gasteiger partial charge in [0.15, 0.2) is 0 Å². The Kier molecular flexibility index (Phi) is 8.04. The summed E-state index contributed by atoms with van der Waals surface area (Å²) < 4.78 is 2.88. The SMILES string of the molecule is C[P+](c1ccccc1)(c1ccccc1)N(CCc1ccccc1)P(c1ccccc1)c1ccccc1. The van der Waals surface area contributed by atoms with Gasteiger partial charge >= 0.3 is 0 Å². The van der Waals surface area contributed by atoms with Crippen LogP contribution < -0.4 is 21.2 Å². The molecular formula is C33H32NP2+. The van der Waals surface area contributed by atoms with Crippen LogP contribution in [0.2, 0.25) is 0 Å². The second-order valence-electron chi connectivity index (χ2n) is 8.94. The minimum Gasteiger partial charge on any atom is -0.142 e. The third kappa shape index (κ3) is 5.35. The van der Waals surface area contributed by atoms with E-state index in [4.69, 9.17) is 0 Å². The lowest BCUT2D eigenvalue weighted by atomic mass is 10.2. The van der Waals surface area contributed by atoms with Gasteiger partial charge in [0.05, 0.1) is 14.7 Å². The van der Waals surface area contributed by atoms with Crippen LogP contribution in [0.3, 0.4) is 0 Å². The molecule has 0 aliphatic rings. The molecule has 0 N–H and O–H groups in total. The number of benzene rings is 5. The first-order valence-electron chi connectivity index (χ1n) is 12.5. The normalized spacial score (nSPS) is 11.6. The Morgan fingerprint density at radius 2 is 0.861 bits per heavy atom. The van der Waals surface area contributed by atoms with Crippen molar-refractivity contribution in [2.24, 2.45) is 0 Å². The van der Waals surface area contributed by atoms with E-state index in [0.717, 1.165) is 13.0 Å². The Morgan fingerprint density at radius 1 is 0.500 bits per heavy atom. The number of rotatable bonds is 9. The van der Waals surface area contributed by atoms with E-state index in [2.05, 4.69) is 163 Å². The molecule has 0 spiro atoms. The molecule has 0 bridgehead atoms. The smallest absolute Gasteiger partial charge is 0.142 e. The molecule has 5 aromatic rings. The summed E-state index contributed by atoms with van der Waals surface area (Å²) in [4.78, 5) is 0. The molecule has 178 valence electrons. The van der Waals surface area contributed by atoms with Crippen LogP contribution in [0.1, 0.15) is 5.56 Å². The summed E-state index contributed by atoms with van der Waals surface area (Å²) in [6.45, 7) is 3.50. The van der Waals surface area contributed by atoms with Gasteiger partial charge < -0.3 is 0 Å². The summed E-state index contributed by atoms with van der Waals surface area (Å²) in [5.74, 6) is 0. The fraction of sp³-hybridized carbons (Fsp3) is 0.0909. The zero-order valence-corrected chi connectivity index (χ0v) is 22.5. The van der Waals surface area contributed by atoms with E-state index in [9.17, 15) is 0 Å². The second-order valence-corrected chi connectivity index (χ2v) is 14.8. The topological polar surface area (TPSA) is 3.24 Å². The lowest BCUT2D eigenvalue weighted by Crippen LogP contribution is -2.39. The largest absolute Gasteiger partial charge is 0.149 e. The monoisotopic (exact) mass is 504 g/mol. The van der Waals surface area contributed by atoms with Crippen LogP contribution in [0.25, 0.3) is 0 Å². The van der Waals surface area contributed by atoms with Crippen molar-refractivity contribution in [3.8, 4) is 0 Å². The Balaban J connectivity index is 1.72. The fourth-order valence-electron chi connectivity index (χ4n) is 4.76. The molecule has 0 saturated carbocycles. The van der Waals surface area contributed by atoms with Crippen molar-refractivity contribution < 1.29 is 0 Å². The first-order chi connectivity index (χ1) is 17.8. The van der Waals surface area contributed by atoms with E-state index in [1.807, 2.05) is 0 Å². The van der Waals surface area contributed by atoms with Crippen molar-refractivity contribution in [2.75, 3.05) is 13.2 Å². The molecule has 0 amide bonds. The first kappa shape index (κ1) is 24.6. The number of hydrogen-bond donors (Lipinski definition) is 0. The first-order valence-corrected chi connectivity index (χ1v) is 15.9. The highest BCUT2D eigenvalue weighted by Crippen LogP contribution is 2.65. The number of hydrogen-bond acceptors (Lipinski definition) is 1. The van der Waals surface area contributed by atoms with Crippen LogP contribution in [0, 0.1) is 0 Å². The van der Waals surface area contributed by atoms with Gasteiger partial charge in [-0.05, 0) is 46.9 Å². The van der Waals surface area contributed by atoms with Crippen molar-refractivity contribution in [1.82, 2.24) is 4.44 Å². The van der Waals surface area contributed by atoms with E-state index in [0.29, 0.717) is 0 Å². The van der Waals surface area contributed by atoms with E-state index < -0.39 is 15.5 Å². The Morgan fingerprint density at radius 3 is 1.28 bits per heavy atom. The standard InChI is InChI=1S/C33H32NP2/c1-36(32-23-13-5-14-24-32,33-25-15-6-16-26-33)34(28-27-29-17-7-2-8-18-29)35(30-19-9-3-10-20-30)31-21-11-4-12-22-31/h2-26H,27-28H2,1H3/q+1. The van der Waals surface area contributed by atoms with E-state index >= 15 is 0 Å². The van der Waals surface area contributed by atoms with Crippen LogP contribution in [-0.4, -0.2) is 17.7 Å². The van der Waals surface area contributed by atoms with Crippen LogP contribution in [-0.2, 0) is 6.42 Å². The van der Waals surface area contributed by atoms with Crippen molar-refractivity contribution in [1.29, 1.82) is 0 Å². The van der Waals surface area contributed by atoms with Crippen molar-refractivity contribution >= 4 is 36.7 Å². The predicted octanol–water partition coefficient (Wildman–Crippen LogP) is 6.79. The molecule has 0 radical (unpaired) electrons. The lowest BCUT2D eigenvalue weighted by Gasteiger charge is -2.39. The molecule has 0 aromatic heterocycles. The Hall–Kier alpha value is -3.08. The molecule has 5 rings (SSSR count). The molecule has 0 aliphatic carbocycles. The highest BCUT2D eigenvalue weighted by Gasteiger charge is 2.48. The third-order valence-corrected chi connectivity index (χ3v) is 14.2. The highest BCUT2D eigenvalue weighted by molar-refractivity contribution is 7.94. The molecular weight excluding hydrogens is 472 g/mol. The van der Waals surface area contributed by atoms with Gasteiger partial charge in [0.25, 0.3) is 0 Å². The minimum atomic E-state index is -1.95. The van der Waals surface area contributed by atoms with Crippen LogP contribution >= 0.6 is 15.5 Å². The van der Waals surface area contributed by atoms with Crippen LogP contribution in [0.5, 0.6) is 0 Å². The Labute approximate surface area is 217 Å². The third-order valence-electron chi connectivity index (χ3n) is 6.66. The highest BCUT2D eigenvalue weighted by atomic mass is 31.2.